The molecule has 0 saturated carbocycles. The summed E-state index contributed by atoms with van der Waals surface area (Å²) in [5, 5.41) is 3.59. The van der Waals surface area contributed by atoms with Gasteiger partial charge in [0, 0.05) is 32.1 Å². The molecule has 1 aliphatic heterocycles. The maximum absolute atomic E-state index is 12.6. The molecule has 5 nitrogen and oxygen atoms in total. The number of benzene rings is 1. The maximum atomic E-state index is 12.6. The standard InChI is InChI=1S/C23H36N2O3/c1-6-20(9-11-23(26)25(7-2)16-18(5)17(3)4)24-15-19-8-10-21-22(14-19)28-13-12-27-21/h8,10,14,20,24H,6-7,9,11-13,15-16H2,1-5H3/t20-/m0/s1. The number of carbonyl (C=O) groups excluding carboxylic acids is 1. The first kappa shape index (κ1) is 22.3. The van der Waals surface area contributed by atoms with E-state index in [1.807, 2.05) is 24.0 Å². The van der Waals surface area contributed by atoms with Crippen LogP contribution in [0, 0.1) is 0 Å². The number of rotatable bonds is 10. The van der Waals surface area contributed by atoms with Crippen LogP contribution in [0.4, 0.5) is 0 Å². The Kier molecular flexibility index (Phi) is 8.84. The van der Waals surface area contributed by atoms with Crippen LogP contribution in [0.2, 0.25) is 0 Å². The Morgan fingerprint density at radius 1 is 1.14 bits per heavy atom. The number of ether oxygens (including phenoxy) is 2. The van der Waals surface area contributed by atoms with Crippen LogP contribution in [-0.4, -0.2) is 43.2 Å². The SMILES string of the molecule is CC[C@@H](CCC(=O)N(CC)CC(C)=C(C)C)NCc1ccc2c(c1)OCCO2. The summed E-state index contributed by atoms with van der Waals surface area (Å²) >= 11 is 0. The summed E-state index contributed by atoms with van der Waals surface area (Å²) in [7, 11) is 0. The molecule has 0 bridgehead atoms. The van der Waals surface area contributed by atoms with E-state index in [-0.39, 0.29) is 5.91 Å². The summed E-state index contributed by atoms with van der Waals surface area (Å²) in [5.41, 5.74) is 3.74. The van der Waals surface area contributed by atoms with Crippen molar-refractivity contribution < 1.29 is 14.3 Å². The molecule has 0 unspecified atom stereocenters. The molecule has 156 valence electrons. The molecule has 0 fully saturated rings. The summed E-state index contributed by atoms with van der Waals surface area (Å²) in [6.45, 7) is 14.0. The summed E-state index contributed by atoms with van der Waals surface area (Å²) in [6, 6.07) is 6.40. The predicted molar refractivity (Wildman–Crippen MR) is 114 cm³/mol. The Labute approximate surface area is 170 Å². The van der Waals surface area contributed by atoms with Crippen LogP contribution in [0.25, 0.3) is 0 Å². The van der Waals surface area contributed by atoms with Crippen LogP contribution in [0.3, 0.4) is 0 Å². The Morgan fingerprint density at radius 3 is 2.50 bits per heavy atom. The van der Waals surface area contributed by atoms with E-state index < -0.39 is 0 Å². The van der Waals surface area contributed by atoms with Gasteiger partial charge in [-0.1, -0.05) is 24.1 Å². The molecule has 2 rings (SSSR count). The fraction of sp³-hybridized carbons (Fsp3) is 0.609. The van der Waals surface area contributed by atoms with E-state index >= 15 is 0 Å². The Balaban J connectivity index is 1.83. The molecule has 1 aromatic carbocycles. The molecule has 0 saturated heterocycles. The van der Waals surface area contributed by atoms with Crippen molar-refractivity contribution in [3.05, 3.63) is 34.9 Å². The zero-order chi connectivity index (χ0) is 20.5. The Morgan fingerprint density at radius 2 is 1.86 bits per heavy atom. The van der Waals surface area contributed by atoms with E-state index in [0.717, 1.165) is 44.0 Å². The van der Waals surface area contributed by atoms with Crippen molar-refractivity contribution in [2.45, 2.75) is 66.5 Å². The first-order valence-corrected chi connectivity index (χ1v) is 10.5. The number of allylic oxidation sites excluding steroid dienone is 1. The van der Waals surface area contributed by atoms with Crippen molar-refractivity contribution in [3.63, 3.8) is 0 Å². The van der Waals surface area contributed by atoms with E-state index in [4.69, 9.17) is 9.47 Å². The maximum Gasteiger partial charge on any atom is 0.222 e. The number of nitrogens with one attached hydrogen (secondary N) is 1. The highest BCUT2D eigenvalue weighted by Gasteiger charge is 2.16. The Bertz CT molecular complexity index is 680. The second-order valence-electron chi connectivity index (χ2n) is 7.69. The zero-order valence-corrected chi connectivity index (χ0v) is 18.1. The van der Waals surface area contributed by atoms with E-state index in [2.05, 4.69) is 39.1 Å². The third-order valence-corrected chi connectivity index (χ3v) is 5.42. The number of likely N-dealkylation sites (N-methyl/N-ethyl adjacent to an activating group) is 1. The number of hydrogen-bond donors (Lipinski definition) is 1. The summed E-state index contributed by atoms with van der Waals surface area (Å²) < 4.78 is 11.2. The highest BCUT2D eigenvalue weighted by Crippen LogP contribution is 2.30. The van der Waals surface area contributed by atoms with E-state index in [9.17, 15) is 4.79 Å². The summed E-state index contributed by atoms with van der Waals surface area (Å²) in [4.78, 5) is 14.6. The molecule has 1 aliphatic rings. The van der Waals surface area contributed by atoms with Crippen LogP contribution in [0.5, 0.6) is 11.5 Å². The number of nitrogens with zero attached hydrogens (tertiary/aromatic N) is 1. The minimum Gasteiger partial charge on any atom is -0.486 e. The molecule has 28 heavy (non-hydrogen) atoms. The van der Waals surface area contributed by atoms with Gasteiger partial charge in [-0.2, -0.15) is 0 Å². The highest BCUT2D eigenvalue weighted by atomic mass is 16.6. The van der Waals surface area contributed by atoms with Gasteiger partial charge < -0.3 is 19.7 Å². The smallest absolute Gasteiger partial charge is 0.222 e. The molecule has 1 atom stereocenters. The topological polar surface area (TPSA) is 50.8 Å². The predicted octanol–water partition coefficient (Wildman–Crippen LogP) is 4.31. The van der Waals surface area contributed by atoms with Crippen LogP contribution in [-0.2, 0) is 11.3 Å². The van der Waals surface area contributed by atoms with E-state index in [1.54, 1.807) is 0 Å². The van der Waals surface area contributed by atoms with Gasteiger partial charge in [-0.3, -0.25) is 4.79 Å². The lowest BCUT2D eigenvalue weighted by Gasteiger charge is -2.24. The van der Waals surface area contributed by atoms with E-state index in [0.29, 0.717) is 25.7 Å². The minimum atomic E-state index is 0.239. The lowest BCUT2D eigenvalue weighted by molar-refractivity contribution is -0.130. The van der Waals surface area contributed by atoms with Crippen molar-refractivity contribution in [1.82, 2.24) is 10.2 Å². The first-order chi connectivity index (χ1) is 13.4. The van der Waals surface area contributed by atoms with E-state index in [1.165, 1.54) is 16.7 Å². The van der Waals surface area contributed by atoms with Crippen LogP contribution >= 0.6 is 0 Å². The summed E-state index contributed by atoms with van der Waals surface area (Å²) in [6.07, 6.45) is 2.43. The fourth-order valence-corrected chi connectivity index (χ4v) is 3.19. The molecule has 5 heteroatoms. The molecule has 0 radical (unpaired) electrons. The monoisotopic (exact) mass is 388 g/mol. The van der Waals surface area contributed by atoms with Gasteiger partial charge in [0.25, 0.3) is 0 Å². The average molecular weight is 389 g/mol. The van der Waals surface area contributed by atoms with Gasteiger partial charge in [0.2, 0.25) is 5.91 Å². The van der Waals surface area contributed by atoms with Crippen molar-refractivity contribution in [1.29, 1.82) is 0 Å². The minimum absolute atomic E-state index is 0.239. The average Bonchev–Trinajstić information content (AvgIpc) is 2.71. The number of fused-ring (bicyclic) bond motifs is 1. The van der Waals surface area contributed by atoms with Gasteiger partial charge in [-0.05, 0) is 58.2 Å². The summed E-state index contributed by atoms with van der Waals surface area (Å²) in [5.74, 6) is 1.88. The van der Waals surface area contributed by atoms with Crippen LogP contribution in [0.1, 0.15) is 59.4 Å². The number of amides is 1. The highest BCUT2D eigenvalue weighted by molar-refractivity contribution is 5.76. The van der Waals surface area contributed by atoms with Gasteiger partial charge in [-0.15, -0.1) is 0 Å². The zero-order valence-electron chi connectivity index (χ0n) is 18.1. The van der Waals surface area contributed by atoms with Gasteiger partial charge in [0.05, 0.1) is 0 Å². The molecule has 1 heterocycles. The van der Waals surface area contributed by atoms with Gasteiger partial charge in [-0.25, -0.2) is 0 Å². The van der Waals surface area contributed by atoms with Crippen molar-refractivity contribution in [2.24, 2.45) is 0 Å². The molecule has 1 aromatic rings. The van der Waals surface area contributed by atoms with Gasteiger partial charge in [0.15, 0.2) is 11.5 Å². The lowest BCUT2D eigenvalue weighted by atomic mass is 10.1. The van der Waals surface area contributed by atoms with Gasteiger partial charge in [0.1, 0.15) is 13.2 Å². The second kappa shape index (κ2) is 11.1. The number of carbonyl (C=O) groups is 1. The van der Waals surface area contributed by atoms with Crippen LogP contribution in [0.15, 0.2) is 29.3 Å². The Hall–Kier alpha value is -2.01. The van der Waals surface area contributed by atoms with Crippen molar-refractivity contribution >= 4 is 5.91 Å². The molecule has 1 amide bonds. The van der Waals surface area contributed by atoms with Crippen molar-refractivity contribution in [2.75, 3.05) is 26.3 Å². The normalized spacial score (nSPS) is 13.8. The molecule has 1 N–H and O–H groups in total. The molecular formula is C23H36N2O3. The quantitative estimate of drug-likeness (QED) is 0.607. The lowest BCUT2D eigenvalue weighted by Crippen LogP contribution is -2.35. The second-order valence-corrected chi connectivity index (χ2v) is 7.69. The largest absolute Gasteiger partial charge is 0.486 e. The van der Waals surface area contributed by atoms with Crippen LogP contribution < -0.4 is 14.8 Å². The molecule has 0 aromatic heterocycles. The van der Waals surface area contributed by atoms with Gasteiger partial charge >= 0.3 is 0 Å². The third-order valence-electron chi connectivity index (χ3n) is 5.42. The molecule has 0 aliphatic carbocycles. The first-order valence-electron chi connectivity index (χ1n) is 10.5. The molecule has 0 spiro atoms. The third kappa shape index (κ3) is 6.55. The molecular weight excluding hydrogens is 352 g/mol. The fourth-order valence-electron chi connectivity index (χ4n) is 3.19. The van der Waals surface area contributed by atoms with Crippen molar-refractivity contribution in [3.8, 4) is 11.5 Å². The number of hydrogen-bond acceptors (Lipinski definition) is 4.